The van der Waals surface area contributed by atoms with Crippen LogP contribution in [0.3, 0.4) is 0 Å². The van der Waals surface area contributed by atoms with Crippen molar-refractivity contribution in [3.63, 3.8) is 0 Å². The number of fused-ring (bicyclic) bond motifs is 1. The van der Waals surface area contributed by atoms with Gasteiger partial charge in [-0.05, 0) is 15.9 Å². The van der Waals surface area contributed by atoms with E-state index in [0.717, 1.165) is 0 Å². The number of nitrogens with zero attached hydrogens (tertiary/aromatic N) is 3. The average molecular weight is 256 g/mol. The third kappa shape index (κ3) is 1.27. The summed E-state index contributed by atoms with van der Waals surface area (Å²) in [5.74, 6) is -0.993. The SMILES string of the molecule is Cn1cc(C(=O)O)c2ncc(Br)nc21. The van der Waals surface area contributed by atoms with Crippen molar-refractivity contribution in [2.75, 3.05) is 0 Å². The number of halogens is 1. The van der Waals surface area contributed by atoms with Crippen molar-refractivity contribution >= 4 is 33.1 Å². The van der Waals surface area contributed by atoms with E-state index in [1.807, 2.05) is 0 Å². The number of aryl methyl sites for hydroxylation is 1. The standard InChI is InChI=1S/C8H6BrN3O2/c1-12-3-4(8(13)14)6-7(12)11-5(9)2-10-6/h2-3H,1H3,(H,13,14). The molecule has 0 saturated carbocycles. The number of aromatic carboxylic acids is 1. The highest BCUT2D eigenvalue weighted by Crippen LogP contribution is 2.18. The van der Waals surface area contributed by atoms with Crippen LogP contribution in [0.2, 0.25) is 0 Å². The van der Waals surface area contributed by atoms with Crippen LogP contribution in [-0.2, 0) is 7.05 Å². The molecule has 0 radical (unpaired) electrons. The molecule has 72 valence electrons. The first kappa shape index (κ1) is 9.14. The first-order valence-corrected chi connectivity index (χ1v) is 4.60. The molecular weight excluding hydrogens is 250 g/mol. The molecule has 2 heterocycles. The molecule has 0 aliphatic heterocycles. The minimum absolute atomic E-state index is 0.169. The topological polar surface area (TPSA) is 68.0 Å². The van der Waals surface area contributed by atoms with Crippen LogP contribution in [0.15, 0.2) is 17.0 Å². The van der Waals surface area contributed by atoms with Gasteiger partial charge in [-0.3, -0.25) is 0 Å². The zero-order chi connectivity index (χ0) is 10.3. The predicted molar refractivity (Wildman–Crippen MR) is 53.2 cm³/mol. The van der Waals surface area contributed by atoms with E-state index >= 15 is 0 Å². The summed E-state index contributed by atoms with van der Waals surface area (Å²) in [6, 6.07) is 0. The van der Waals surface area contributed by atoms with E-state index < -0.39 is 5.97 Å². The number of aromatic nitrogens is 3. The highest BCUT2D eigenvalue weighted by atomic mass is 79.9. The minimum atomic E-state index is -0.993. The van der Waals surface area contributed by atoms with Crippen molar-refractivity contribution in [1.82, 2.24) is 14.5 Å². The fourth-order valence-corrected chi connectivity index (χ4v) is 1.54. The molecule has 2 rings (SSSR count). The van der Waals surface area contributed by atoms with E-state index in [2.05, 4.69) is 25.9 Å². The van der Waals surface area contributed by atoms with Crippen molar-refractivity contribution < 1.29 is 9.90 Å². The van der Waals surface area contributed by atoms with Gasteiger partial charge in [-0.15, -0.1) is 0 Å². The summed E-state index contributed by atoms with van der Waals surface area (Å²) in [5.41, 5.74) is 1.13. The molecule has 0 bridgehead atoms. The summed E-state index contributed by atoms with van der Waals surface area (Å²) < 4.78 is 2.22. The lowest BCUT2D eigenvalue weighted by molar-refractivity contribution is 0.0698. The summed E-state index contributed by atoms with van der Waals surface area (Å²) in [5, 5.41) is 8.87. The lowest BCUT2D eigenvalue weighted by Gasteiger charge is -1.94. The zero-order valence-electron chi connectivity index (χ0n) is 7.23. The summed E-state index contributed by atoms with van der Waals surface area (Å²) in [7, 11) is 1.73. The smallest absolute Gasteiger partial charge is 0.339 e. The fraction of sp³-hybridized carbons (Fsp3) is 0.125. The molecular formula is C8H6BrN3O2. The van der Waals surface area contributed by atoms with Crippen LogP contribution >= 0.6 is 15.9 Å². The lowest BCUT2D eigenvalue weighted by atomic mass is 10.3. The van der Waals surface area contributed by atoms with Gasteiger partial charge in [0, 0.05) is 13.2 Å². The molecule has 0 atom stereocenters. The van der Waals surface area contributed by atoms with E-state index in [-0.39, 0.29) is 5.56 Å². The van der Waals surface area contributed by atoms with Gasteiger partial charge in [0.05, 0.1) is 6.20 Å². The summed E-state index contributed by atoms with van der Waals surface area (Å²) in [6.45, 7) is 0. The maximum atomic E-state index is 10.8. The number of carboxylic acid groups (broad SMARTS) is 1. The molecule has 6 heteroatoms. The van der Waals surface area contributed by atoms with E-state index in [9.17, 15) is 4.79 Å². The van der Waals surface area contributed by atoms with Crippen molar-refractivity contribution in [1.29, 1.82) is 0 Å². The largest absolute Gasteiger partial charge is 0.478 e. The van der Waals surface area contributed by atoms with Crippen molar-refractivity contribution in [3.8, 4) is 0 Å². The van der Waals surface area contributed by atoms with Gasteiger partial charge >= 0.3 is 5.97 Å². The zero-order valence-corrected chi connectivity index (χ0v) is 8.82. The Morgan fingerprint density at radius 1 is 1.64 bits per heavy atom. The molecule has 0 fully saturated rings. The molecule has 2 aromatic heterocycles. The second-order valence-electron chi connectivity index (χ2n) is 2.82. The van der Waals surface area contributed by atoms with Crippen LogP contribution < -0.4 is 0 Å². The van der Waals surface area contributed by atoms with Gasteiger partial charge in [-0.25, -0.2) is 14.8 Å². The van der Waals surface area contributed by atoms with Gasteiger partial charge in [0.2, 0.25) is 0 Å². The molecule has 0 unspecified atom stereocenters. The maximum Gasteiger partial charge on any atom is 0.339 e. The molecule has 0 aliphatic carbocycles. The van der Waals surface area contributed by atoms with E-state index in [1.54, 1.807) is 11.6 Å². The molecule has 0 saturated heterocycles. The summed E-state index contributed by atoms with van der Waals surface area (Å²) in [6.07, 6.45) is 2.98. The lowest BCUT2D eigenvalue weighted by Crippen LogP contribution is -1.95. The summed E-state index contributed by atoms with van der Waals surface area (Å²) in [4.78, 5) is 19.0. The Labute approximate surface area is 87.5 Å². The van der Waals surface area contributed by atoms with E-state index in [1.165, 1.54) is 12.4 Å². The number of carbonyl (C=O) groups is 1. The third-order valence-corrected chi connectivity index (χ3v) is 2.25. The Hall–Kier alpha value is -1.43. The van der Waals surface area contributed by atoms with Crippen LogP contribution in [0, 0.1) is 0 Å². The molecule has 0 aromatic carbocycles. The first-order valence-electron chi connectivity index (χ1n) is 3.80. The highest BCUT2D eigenvalue weighted by Gasteiger charge is 2.14. The van der Waals surface area contributed by atoms with E-state index in [0.29, 0.717) is 15.8 Å². The van der Waals surface area contributed by atoms with Crippen LogP contribution in [-0.4, -0.2) is 25.6 Å². The molecule has 0 spiro atoms. The monoisotopic (exact) mass is 255 g/mol. The van der Waals surface area contributed by atoms with Crippen LogP contribution in [0.4, 0.5) is 0 Å². The highest BCUT2D eigenvalue weighted by molar-refractivity contribution is 9.10. The van der Waals surface area contributed by atoms with Gasteiger partial charge in [-0.2, -0.15) is 0 Å². The van der Waals surface area contributed by atoms with Gasteiger partial charge in [0.15, 0.2) is 5.65 Å². The second-order valence-corrected chi connectivity index (χ2v) is 3.64. The Morgan fingerprint density at radius 3 is 3.00 bits per heavy atom. The van der Waals surface area contributed by atoms with Crippen molar-refractivity contribution in [2.45, 2.75) is 0 Å². The molecule has 5 nitrogen and oxygen atoms in total. The third-order valence-electron chi connectivity index (χ3n) is 1.87. The van der Waals surface area contributed by atoms with Crippen LogP contribution in [0.25, 0.3) is 11.2 Å². The number of hydrogen-bond acceptors (Lipinski definition) is 3. The van der Waals surface area contributed by atoms with Gasteiger partial charge in [0.1, 0.15) is 15.7 Å². The van der Waals surface area contributed by atoms with Crippen molar-refractivity contribution in [3.05, 3.63) is 22.6 Å². The molecule has 0 aliphatic rings. The van der Waals surface area contributed by atoms with Gasteiger partial charge in [0.25, 0.3) is 0 Å². The Morgan fingerprint density at radius 2 is 2.36 bits per heavy atom. The Kier molecular flexibility index (Phi) is 1.99. The quantitative estimate of drug-likeness (QED) is 0.837. The average Bonchev–Trinajstić information content (AvgIpc) is 2.44. The Balaban J connectivity index is 2.84. The molecule has 1 N–H and O–H groups in total. The Bertz CT molecular complexity index is 521. The fourth-order valence-electron chi connectivity index (χ4n) is 1.27. The first-order chi connectivity index (χ1) is 6.59. The molecule has 0 amide bonds. The number of carboxylic acids is 1. The maximum absolute atomic E-state index is 10.8. The van der Waals surface area contributed by atoms with Crippen LogP contribution in [0.5, 0.6) is 0 Å². The van der Waals surface area contributed by atoms with Gasteiger partial charge in [-0.1, -0.05) is 0 Å². The molecule has 14 heavy (non-hydrogen) atoms. The predicted octanol–water partition coefficient (Wildman–Crippen LogP) is 1.43. The van der Waals surface area contributed by atoms with Crippen LogP contribution in [0.1, 0.15) is 10.4 Å². The molecule has 2 aromatic rings. The number of hydrogen-bond donors (Lipinski definition) is 1. The van der Waals surface area contributed by atoms with Gasteiger partial charge < -0.3 is 9.67 Å². The summed E-state index contributed by atoms with van der Waals surface area (Å²) >= 11 is 3.18. The van der Waals surface area contributed by atoms with E-state index in [4.69, 9.17) is 5.11 Å². The second kappa shape index (κ2) is 3.06. The minimum Gasteiger partial charge on any atom is -0.478 e. The number of rotatable bonds is 1. The normalized spacial score (nSPS) is 10.7. The van der Waals surface area contributed by atoms with Crippen molar-refractivity contribution in [2.24, 2.45) is 7.05 Å².